The van der Waals surface area contributed by atoms with Gasteiger partial charge in [-0.1, -0.05) is 13.8 Å². The standard InChI is InChI=1S/C11H15NO3S.Na.H/c1-8(2)6-9(12-7-13)11(14)15-10-4-3-5-16-10;;/h3-5,7-9H,6H2,1-2H3,(H,12,13);;/t9-;;/m0../s1. The van der Waals surface area contributed by atoms with Crippen molar-refractivity contribution in [3.63, 3.8) is 0 Å². The molecular weight excluding hydrogens is 249 g/mol. The summed E-state index contributed by atoms with van der Waals surface area (Å²) >= 11 is 1.35. The number of rotatable bonds is 6. The molecule has 4 nitrogen and oxygen atoms in total. The van der Waals surface area contributed by atoms with Gasteiger partial charge in [0.25, 0.3) is 0 Å². The Kier molecular flexibility index (Phi) is 8.51. The molecule has 1 amide bonds. The van der Waals surface area contributed by atoms with E-state index in [9.17, 15) is 9.59 Å². The van der Waals surface area contributed by atoms with Crippen molar-refractivity contribution < 1.29 is 14.3 Å². The van der Waals surface area contributed by atoms with Crippen molar-refractivity contribution in [2.75, 3.05) is 0 Å². The van der Waals surface area contributed by atoms with Crippen molar-refractivity contribution >= 4 is 53.3 Å². The van der Waals surface area contributed by atoms with Crippen LogP contribution in [0.2, 0.25) is 0 Å². The van der Waals surface area contributed by atoms with Crippen LogP contribution in [-0.2, 0) is 9.59 Å². The Hall–Kier alpha value is -0.360. The van der Waals surface area contributed by atoms with E-state index < -0.39 is 12.0 Å². The van der Waals surface area contributed by atoms with E-state index in [2.05, 4.69) is 5.32 Å². The Morgan fingerprint density at radius 2 is 2.29 bits per heavy atom. The van der Waals surface area contributed by atoms with Gasteiger partial charge < -0.3 is 10.1 Å². The summed E-state index contributed by atoms with van der Waals surface area (Å²) < 4.78 is 5.13. The second-order valence-electron chi connectivity index (χ2n) is 3.82. The topological polar surface area (TPSA) is 55.4 Å². The fourth-order valence-electron chi connectivity index (χ4n) is 1.28. The van der Waals surface area contributed by atoms with Gasteiger partial charge in [-0.2, -0.15) is 0 Å². The normalized spacial score (nSPS) is 11.5. The quantitative estimate of drug-likeness (QED) is 0.477. The van der Waals surface area contributed by atoms with Crippen LogP contribution in [0.3, 0.4) is 0 Å². The van der Waals surface area contributed by atoms with Crippen molar-refractivity contribution in [2.24, 2.45) is 5.92 Å². The van der Waals surface area contributed by atoms with Gasteiger partial charge in [0.05, 0.1) is 0 Å². The number of hydrogen-bond acceptors (Lipinski definition) is 4. The molecule has 1 rings (SSSR count). The third kappa shape index (κ3) is 6.21. The molecule has 1 aromatic heterocycles. The monoisotopic (exact) mass is 265 g/mol. The molecule has 17 heavy (non-hydrogen) atoms. The van der Waals surface area contributed by atoms with E-state index in [-0.39, 0.29) is 29.6 Å². The molecule has 0 bridgehead atoms. The summed E-state index contributed by atoms with van der Waals surface area (Å²) in [6.45, 7) is 3.97. The number of amides is 1. The van der Waals surface area contributed by atoms with Gasteiger partial charge >= 0.3 is 35.5 Å². The van der Waals surface area contributed by atoms with Crippen LogP contribution in [0.4, 0.5) is 0 Å². The Bertz CT molecular complexity index is 340. The Morgan fingerprint density at radius 1 is 1.59 bits per heavy atom. The summed E-state index contributed by atoms with van der Waals surface area (Å²) in [7, 11) is 0. The molecule has 0 aliphatic rings. The summed E-state index contributed by atoms with van der Waals surface area (Å²) in [5.41, 5.74) is 0. The molecule has 1 aromatic rings. The van der Waals surface area contributed by atoms with Gasteiger partial charge in [-0.15, -0.1) is 11.3 Å². The molecule has 0 fully saturated rings. The molecule has 1 heterocycles. The first-order chi connectivity index (χ1) is 7.63. The summed E-state index contributed by atoms with van der Waals surface area (Å²) in [4.78, 5) is 22.1. The van der Waals surface area contributed by atoms with E-state index in [4.69, 9.17) is 4.74 Å². The SMILES string of the molecule is CC(C)C[C@H](NC=O)C(=O)Oc1cccs1.[NaH]. The van der Waals surface area contributed by atoms with Crippen molar-refractivity contribution in [3.8, 4) is 5.06 Å². The van der Waals surface area contributed by atoms with Crippen LogP contribution in [0.1, 0.15) is 20.3 Å². The number of carbonyl (C=O) groups excluding carboxylic acids is 2. The predicted octanol–water partition coefficient (Wildman–Crippen LogP) is 1.17. The van der Waals surface area contributed by atoms with Gasteiger partial charge in [-0.05, 0) is 29.9 Å². The number of carbonyl (C=O) groups is 2. The van der Waals surface area contributed by atoms with E-state index in [1.54, 1.807) is 12.1 Å². The number of nitrogens with one attached hydrogen (secondary N) is 1. The molecule has 0 aromatic carbocycles. The molecule has 0 saturated carbocycles. The van der Waals surface area contributed by atoms with Crippen LogP contribution >= 0.6 is 11.3 Å². The van der Waals surface area contributed by atoms with Gasteiger partial charge in [0, 0.05) is 0 Å². The second kappa shape index (κ2) is 8.69. The van der Waals surface area contributed by atoms with E-state index in [1.807, 2.05) is 19.2 Å². The molecule has 0 radical (unpaired) electrons. The molecule has 0 unspecified atom stereocenters. The number of ether oxygens (including phenoxy) is 1. The third-order valence-electron chi connectivity index (χ3n) is 1.96. The fraction of sp³-hybridized carbons (Fsp3) is 0.455. The number of esters is 1. The van der Waals surface area contributed by atoms with Crippen LogP contribution in [-0.4, -0.2) is 48.0 Å². The second-order valence-corrected chi connectivity index (χ2v) is 4.73. The third-order valence-corrected chi connectivity index (χ3v) is 2.70. The first kappa shape index (κ1) is 16.6. The molecule has 0 spiro atoms. The van der Waals surface area contributed by atoms with Crippen LogP contribution in [0.25, 0.3) is 0 Å². The van der Waals surface area contributed by atoms with Crippen LogP contribution in [0.15, 0.2) is 17.5 Å². The molecule has 90 valence electrons. The van der Waals surface area contributed by atoms with Crippen molar-refractivity contribution in [3.05, 3.63) is 17.5 Å². The molecule has 0 aliphatic carbocycles. The molecular formula is C11H16NNaO3S. The molecule has 0 aliphatic heterocycles. The predicted molar refractivity (Wildman–Crippen MR) is 69.5 cm³/mol. The van der Waals surface area contributed by atoms with Gasteiger partial charge in [0.15, 0.2) is 5.06 Å². The minimum atomic E-state index is -0.570. The van der Waals surface area contributed by atoms with Gasteiger partial charge in [0.2, 0.25) is 6.41 Å². The van der Waals surface area contributed by atoms with Crippen LogP contribution < -0.4 is 10.1 Å². The first-order valence-corrected chi connectivity index (χ1v) is 5.96. The number of hydrogen-bond donors (Lipinski definition) is 1. The van der Waals surface area contributed by atoms with Crippen LogP contribution in [0.5, 0.6) is 5.06 Å². The fourth-order valence-corrected chi connectivity index (χ4v) is 1.86. The summed E-state index contributed by atoms with van der Waals surface area (Å²) in [6.07, 6.45) is 1.10. The zero-order chi connectivity index (χ0) is 12.0. The summed E-state index contributed by atoms with van der Waals surface area (Å²) in [5, 5.41) is 4.85. The van der Waals surface area contributed by atoms with Gasteiger partial charge in [0.1, 0.15) is 6.04 Å². The maximum atomic E-state index is 11.7. The number of thiophene rings is 1. The van der Waals surface area contributed by atoms with E-state index in [0.717, 1.165) is 0 Å². The summed E-state index contributed by atoms with van der Waals surface area (Å²) in [5.74, 6) is -0.100. The average molecular weight is 265 g/mol. The zero-order valence-corrected chi connectivity index (χ0v) is 10.1. The average Bonchev–Trinajstić information content (AvgIpc) is 2.69. The van der Waals surface area contributed by atoms with Gasteiger partial charge in [-0.25, -0.2) is 4.79 Å². The van der Waals surface area contributed by atoms with E-state index in [1.165, 1.54) is 11.3 Å². The van der Waals surface area contributed by atoms with Crippen molar-refractivity contribution in [2.45, 2.75) is 26.3 Å². The maximum absolute atomic E-state index is 11.7. The Balaban J connectivity index is 0.00000256. The van der Waals surface area contributed by atoms with E-state index >= 15 is 0 Å². The van der Waals surface area contributed by atoms with Crippen molar-refractivity contribution in [1.82, 2.24) is 5.32 Å². The summed E-state index contributed by atoms with van der Waals surface area (Å²) in [6, 6.07) is 2.95. The molecule has 0 saturated heterocycles. The Labute approximate surface area is 127 Å². The first-order valence-electron chi connectivity index (χ1n) is 5.08. The van der Waals surface area contributed by atoms with Crippen LogP contribution in [0, 0.1) is 5.92 Å². The molecule has 1 N–H and O–H groups in total. The van der Waals surface area contributed by atoms with Gasteiger partial charge in [-0.3, -0.25) is 4.79 Å². The zero-order valence-electron chi connectivity index (χ0n) is 9.30. The molecule has 6 heteroatoms. The Morgan fingerprint density at radius 3 is 2.76 bits per heavy atom. The van der Waals surface area contributed by atoms with Crippen molar-refractivity contribution in [1.29, 1.82) is 0 Å². The van der Waals surface area contributed by atoms with E-state index in [0.29, 0.717) is 23.8 Å². The molecule has 1 atom stereocenters. The minimum absolute atomic E-state index is 0.